The molecule has 0 radical (unpaired) electrons. The molecule has 0 saturated heterocycles. The zero-order valence-corrected chi connectivity index (χ0v) is 12.4. The van der Waals surface area contributed by atoms with Gasteiger partial charge in [0, 0.05) is 18.5 Å². The van der Waals surface area contributed by atoms with Crippen LogP contribution in [0.1, 0.15) is 30.3 Å². The van der Waals surface area contributed by atoms with Crippen LogP contribution >= 0.6 is 0 Å². The zero-order valence-electron chi connectivity index (χ0n) is 12.4. The molecule has 0 bridgehead atoms. The average Bonchev–Trinajstić information content (AvgIpc) is 3.30. The maximum Gasteiger partial charge on any atom is 0.271 e. The Labute approximate surface area is 128 Å². The second kappa shape index (κ2) is 6.01. The van der Waals surface area contributed by atoms with E-state index in [9.17, 15) is 9.59 Å². The fourth-order valence-electron chi connectivity index (χ4n) is 2.17. The van der Waals surface area contributed by atoms with Gasteiger partial charge in [-0.1, -0.05) is 18.2 Å². The van der Waals surface area contributed by atoms with Crippen LogP contribution in [0.4, 0.5) is 5.82 Å². The first-order chi connectivity index (χ1) is 10.7. The molecule has 1 aromatic heterocycles. The largest absolute Gasteiger partial charge is 0.351 e. The molecule has 0 unspecified atom stereocenters. The standard InChI is InChI=1S/C16H18N4O2/c1-2-17-16(22)13-10-14(18-15(21)11-8-9-11)20(19-13)12-6-4-3-5-7-12/h3-7,10-11H,2,8-9H2,1H3,(H,17,22)(H,18,21). The third-order valence-corrected chi connectivity index (χ3v) is 3.48. The van der Waals surface area contributed by atoms with Crippen LogP contribution in [0, 0.1) is 5.92 Å². The number of nitrogens with one attached hydrogen (secondary N) is 2. The molecular formula is C16H18N4O2. The molecular weight excluding hydrogens is 280 g/mol. The van der Waals surface area contributed by atoms with Gasteiger partial charge in [-0.3, -0.25) is 9.59 Å². The van der Waals surface area contributed by atoms with Gasteiger partial charge in [-0.2, -0.15) is 5.10 Å². The highest BCUT2D eigenvalue weighted by molar-refractivity contribution is 5.97. The summed E-state index contributed by atoms with van der Waals surface area (Å²) in [5, 5.41) is 9.91. The Morgan fingerprint density at radius 1 is 1.27 bits per heavy atom. The van der Waals surface area contributed by atoms with Crippen molar-refractivity contribution >= 4 is 17.6 Å². The Kier molecular flexibility index (Phi) is 3.91. The lowest BCUT2D eigenvalue weighted by Crippen LogP contribution is -2.23. The summed E-state index contributed by atoms with van der Waals surface area (Å²) >= 11 is 0. The molecule has 1 saturated carbocycles. The van der Waals surface area contributed by atoms with Crippen LogP contribution in [0.25, 0.3) is 5.69 Å². The summed E-state index contributed by atoms with van der Waals surface area (Å²) in [5.41, 5.74) is 1.08. The Balaban J connectivity index is 1.94. The van der Waals surface area contributed by atoms with Crippen molar-refractivity contribution < 1.29 is 9.59 Å². The van der Waals surface area contributed by atoms with E-state index in [-0.39, 0.29) is 23.4 Å². The van der Waals surface area contributed by atoms with Crippen LogP contribution < -0.4 is 10.6 Å². The van der Waals surface area contributed by atoms with Gasteiger partial charge < -0.3 is 10.6 Å². The number of hydrogen-bond donors (Lipinski definition) is 2. The molecule has 2 aromatic rings. The number of aromatic nitrogens is 2. The van der Waals surface area contributed by atoms with Gasteiger partial charge in [-0.15, -0.1) is 0 Å². The molecule has 1 aromatic carbocycles. The molecule has 1 heterocycles. The SMILES string of the molecule is CCNC(=O)c1cc(NC(=O)C2CC2)n(-c2ccccc2)n1. The number of hydrogen-bond acceptors (Lipinski definition) is 3. The number of benzene rings is 1. The van der Waals surface area contributed by atoms with Gasteiger partial charge in [0.25, 0.3) is 5.91 Å². The van der Waals surface area contributed by atoms with Crippen molar-refractivity contribution in [3.05, 3.63) is 42.1 Å². The highest BCUT2D eigenvalue weighted by atomic mass is 16.2. The van der Waals surface area contributed by atoms with Gasteiger partial charge >= 0.3 is 0 Å². The minimum absolute atomic E-state index is 0.0143. The summed E-state index contributed by atoms with van der Waals surface area (Å²) in [5.74, 6) is 0.343. The minimum Gasteiger partial charge on any atom is -0.351 e. The van der Waals surface area contributed by atoms with Crippen LogP contribution in [0.3, 0.4) is 0 Å². The molecule has 0 spiro atoms. The van der Waals surface area contributed by atoms with E-state index in [1.807, 2.05) is 37.3 Å². The molecule has 114 valence electrons. The summed E-state index contributed by atoms with van der Waals surface area (Å²) < 4.78 is 1.59. The first-order valence-corrected chi connectivity index (χ1v) is 7.43. The number of carbonyl (C=O) groups is 2. The predicted octanol–water partition coefficient (Wildman–Crippen LogP) is 1.97. The third-order valence-electron chi connectivity index (χ3n) is 3.48. The molecule has 1 aliphatic carbocycles. The lowest BCUT2D eigenvalue weighted by Gasteiger charge is -2.08. The maximum atomic E-state index is 12.0. The van der Waals surface area contributed by atoms with Gasteiger partial charge in [-0.05, 0) is 31.9 Å². The molecule has 1 fully saturated rings. The molecule has 2 N–H and O–H groups in total. The van der Waals surface area contributed by atoms with Crippen molar-refractivity contribution in [3.8, 4) is 5.69 Å². The summed E-state index contributed by atoms with van der Waals surface area (Å²) in [7, 11) is 0. The molecule has 1 aliphatic rings. The monoisotopic (exact) mass is 298 g/mol. The Hall–Kier alpha value is -2.63. The smallest absolute Gasteiger partial charge is 0.271 e. The lowest BCUT2D eigenvalue weighted by atomic mass is 10.3. The van der Waals surface area contributed by atoms with Gasteiger partial charge in [0.2, 0.25) is 5.91 Å². The second-order valence-electron chi connectivity index (χ2n) is 5.29. The Bertz CT molecular complexity index is 689. The first kappa shape index (κ1) is 14.3. The van der Waals surface area contributed by atoms with Crippen molar-refractivity contribution in [2.75, 3.05) is 11.9 Å². The molecule has 6 nitrogen and oxygen atoms in total. The van der Waals surface area contributed by atoms with Gasteiger partial charge in [0.15, 0.2) is 5.69 Å². The van der Waals surface area contributed by atoms with Gasteiger partial charge in [0.05, 0.1) is 5.69 Å². The molecule has 3 rings (SSSR count). The molecule has 0 atom stereocenters. The Morgan fingerprint density at radius 2 is 2.00 bits per heavy atom. The van der Waals surface area contributed by atoms with Gasteiger partial charge in [-0.25, -0.2) is 4.68 Å². The van der Waals surface area contributed by atoms with Crippen molar-refractivity contribution in [1.82, 2.24) is 15.1 Å². The van der Waals surface area contributed by atoms with E-state index in [4.69, 9.17) is 0 Å². The summed E-state index contributed by atoms with van der Waals surface area (Å²) in [6, 6.07) is 11.0. The van der Waals surface area contributed by atoms with E-state index >= 15 is 0 Å². The topological polar surface area (TPSA) is 76.0 Å². The lowest BCUT2D eigenvalue weighted by molar-refractivity contribution is -0.117. The summed E-state index contributed by atoms with van der Waals surface area (Å²) in [6.45, 7) is 2.38. The van der Waals surface area contributed by atoms with Crippen LogP contribution in [-0.4, -0.2) is 28.1 Å². The van der Waals surface area contributed by atoms with E-state index < -0.39 is 0 Å². The third kappa shape index (κ3) is 3.00. The van der Waals surface area contributed by atoms with Crippen LogP contribution in [0.2, 0.25) is 0 Å². The van der Waals surface area contributed by atoms with Crippen LogP contribution in [0.15, 0.2) is 36.4 Å². The number of rotatable bonds is 5. The fourth-order valence-corrected chi connectivity index (χ4v) is 2.17. The minimum atomic E-state index is -0.251. The highest BCUT2D eigenvalue weighted by Gasteiger charge is 2.30. The molecule has 6 heteroatoms. The summed E-state index contributed by atoms with van der Waals surface area (Å²) in [4.78, 5) is 24.0. The van der Waals surface area contributed by atoms with Crippen molar-refractivity contribution in [1.29, 1.82) is 0 Å². The molecule has 22 heavy (non-hydrogen) atoms. The number of amides is 2. The van der Waals surface area contributed by atoms with Crippen molar-refractivity contribution in [2.24, 2.45) is 5.92 Å². The Morgan fingerprint density at radius 3 is 2.64 bits per heavy atom. The van der Waals surface area contributed by atoms with Crippen LogP contribution in [0.5, 0.6) is 0 Å². The van der Waals surface area contributed by atoms with E-state index in [2.05, 4.69) is 15.7 Å². The number of anilines is 1. The van der Waals surface area contributed by atoms with Gasteiger partial charge in [0.1, 0.15) is 5.82 Å². The number of carbonyl (C=O) groups excluding carboxylic acids is 2. The normalized spacial score (nSPS) is 13.7. The first-order valence-electron chi connectivity index (χ1n) is 7.43. The van der Waals surface area contributed by atoms with E-state index in [1.165, 1.54) is 0 Å². The fraction of sp³-hybridized carbons (Fsp3) is 0.312. The quantitative estimate of drug-likeness (QED) is 0.886. The number of nitrogens with zero attached hydrogens (tertiary/aromatic N) is 2. The molecule has 2 amide bonds. The highest BCUT2D eigenvalue weighted by Crippen LogP contribution is 2.30. The second-order valence-corrected chi connectivity index (χ2v) is 5.29. The van der Waals surface area contributed by atoms with E-state index in [1.54, 1.807) is 10.7 Å². The molecule has 0 aliphatic heterocycles. The van der Waals surface area contributed by atoms with Crippen molar-refractivity contribution in [3.63, 3.8) is 0 Å². The van der Waals surface area contributed by atoms with E-state index in [0.717, 1.165) is 18.5 Å². The maximum absolute atomic E-state index is 12.0. The van der Waals surface area contributed by atoms with E-state index in [0.29, 0.717) is 12.4 Å². The predicted molar refractivity (Wildman–Crippen MR) is 82.9 cm³/mol. The van der Waals surface area contributed by atoms with Crippen LogP contribution in [-0.2, 0) is 4.79 Å². The average molecular weight is 298 g/mol. The van der Waals surface area contributed by atoms with Crippen molar-refractivity contribution in [2.45, 2.75) is 19.8 Å². The summed E-state index contributed by atoms with van der Waals surface area (Å²) in [6.07, 6.45) is 1.85. The zero-order chi connectivity index (χ0) is 15.5. The number of para-hydroxylation sites is 1.